The molecule has 2 aliphatic rings. The van der Waals surface area contributed by atoms with Crippen molar-refractivity contribution in [1.29, 1.82) is 0 Å². The maximum absolute atomic E-state index is 13.4. The van der Waals surface area contributed by atoms with Gasteiger partial charge in [-0.05, 0) is 30.2 Å². The lowest BCUT2D eigenvalue weighted by atomic mass is 9.64. The highest BCUT2D eigenvalue weighted by Crippen LogP contribution is 2.46. The molecular weight excluding hydrogens is 312 g/mol. The Morgan fingerprint density at radius 3 is 2.24 bits per heavy atom. The standard InChI is InChI=1S/C22H30O3/c1-22(2,3)19(15-11-7-6-8-12-15)18-20(23)16-13-9-4-5-10-14-17(16)25-21(18)24/h6-8,11-12,16-19H,4-5,9-10,13-14H2,1-3H3. The second kappa shape index (κ2) is 7.31. The van der Waals surface area contributed by atoms with Crippen LogP contribution in [0, 0.1) is 17.3 Å². The molecule has 1 aliphatic carbocycles. The molecule has 0 bridgehead atoms. The van der Waals surface area contributed by atoms with Crippen LogP contribution >= 0.6 is 0 Å². The van der Waals surface area contributed by atoms with Crippen LogP contribution in [0.3, 0.4) is 0 Å². The van der Waals surface area contributed by atoms with Gasteiger partial charge in [0.15, 0.2) is 5.78 Å². The lowest BCUT2D eigenvalue weighted by molar-refractivity contribution is -0.174. The van der Waals surface area contributed by atoms with Gasteiger partial charge >= 0.3 is 5.97 Å². The average Bonchev–Trinajstić information content (AvgIpc) is 2.53. The average molecular weight is 342 g/mol. The molecule has 1 aromatic carbocycles. The summed E-state index contributed by atoms with van der Waals surface area (Å²) in [7, 11) is 0. The smallest absolute Gasteiger partial charge is 0.317 e. The van der Waals surface area contributed by atoms with E-state index < -0.39 is 5.92 Å². The van der Waals surface area contributed by atoms with E-state index in [9.17, 15) is 9.59 Å². The van der Waals surface area contributed by atoms with Crippen molar-refractivity contribution in [2.75, 3.05) is 0 Å². The lowest BCUT2D eigenvalue weighted by Crippen LogP contribution is -2.50. The monoisotopic (exact) mass is 342 g/mol. The summed E-state index contributed by atoms with van der Waals surface area (Å²) in [5.41, 5.74) is 0.851. The Balaban J connectivity index is 1.95. The fraction of sp³-hybridized carbons (Fsp3) is 0.636. The van der Waals surface area contributed by atoms with Crippen LogP contribution in [-0.4, -0.2) is 17.9 Å². The third kappa shape index (κ3) is 3.80. The Kier molecular flexibility index (Phi) is 5.31. The molecule has 25 heavy (non-hydrogen) atoms. The van der Waals surface area contributed by atoms with E-state index in [2.05, 4.69) is 20.8 Å². The normalized spacial score (nSPS) is 29.2. The van der Waals surface area contributed by atoms with Crippen molar-refractivity contribution < 1.29 is 14.3 Å². The molecule has 0 N–H and O–H groups in total. The lowest BCUT2D eigenvalue weighted by Gasteiger charge is -2.42. The molecule has 1 saturated heterocycles. The van der Waals surface area contributed by atoms with Gasteiger partial charge in [0.05, 0.1) is 5.92 Å². The van der Waals surface area contributed by atoms with E-state index in [1.54, 1.807) is 0 Å². The van der Waals surface area contributed by atoms with Crippen molar-refractivity contribution in [3.8, 4) is 0 Å². The number of esters is 1. The minimum atomic E-state index is -0.678. The van der Waals surface area contributed by atoms with Gasteiger partial charge in [0.1, 0.15) is 12.0 Å². The number of hydrogen-bond acceptors (Lipinski definition) is 3. The number of carbonyl (C=O) groups excluding carboxylic acids is 2. The zero-order chi connectivity index (χ0) is 18.0. The highest BCUT2D eigenvalue weighted by molar-refractivity contribution is 6.03. The molecule has 0 aromatic heterocycles. The van der Waals surface area contributed by atoms with Crippen molar-refractivity contribution in [2.45, 2.75) is 71.3 Å². The Bertz CT molecular complexity index is 614. The highest BCUT2D eigenvalue weighted by atomic mass is 16.5. The fourth-order valence-electron chi connectivity index (χ4n) is 4.64. The Labute approximate surface area is 151 Å². The van der Waals surface area contributed by atoms with Crippen LogP contribution < -0.4 is 0 Å². The first-order valence-corrected chi connectivity index (χ1v) is 9.69. The number of Topliss-reactive ketones (excluding diaryl/α,β-unsaturated/α-hetero) is 1. The van der Waals surface area contributed by atoms with Crippen LogP contribution in [0.1, 0.15) is 70.8 Å². The molecule has 1 aliphatic heterocycles. The topological polar surface area (TPSA) is 43.4 Å². The van der Waals surface area contributed by atoms with E-state index in [-0.39, 0.29) is 35.1 Å². The summed E-state index contributed by atoms with van der Waals surface area (Å²) in [5, 5.41) is 0. The van der Waals surface area contributed by atoms with E-state index in [0.29, 0.717) is 0 Å². The van der Waals surface area contributed by atoms with Gasteiger partial charge in [-0.1, -0.05) is 70.4 Å². The Morgan fingerprint density at radius 2 is 1.60 bits per heavy atom. The zero-order valence-electron chi connectivity index (χ0n) is 15.7. The second-order valence-electron chi connectivity index (χ2n) is 8.71. The molecule has 1 saturated carbocycles. The summed E-state index contributed by atoms with van der Waals surface area (Å²) >= 11 is 0. The minimum Gasteiger partial charge on any atom is -0.461 e. The van der Waals surface area contributed by atoms with Crippen molar-refractivity contribution in [2.24, 2.45) is 17.3 Å². The molecule has 3 heteroatoms. The number of carbonyl (C=O) groups is 2. The van der Waals surface area contributed by atoms with Crippen molar-refractivity contribution in [3.63, 3.8) is 0 Å². The first-order chi connectivity index (χ1) is 11.9. The number of rotatable bonds is 2. The van der Waals surface area contributed by atoms with E-state index >= 15 is 0 Å². The predicted octanol–water partition coefficient (Wildman–Crippen LogP) is 4.90. The maximum Gasteiger partial charge on any atom is 0.317 e. The van der Waals surface area contributed by atoms with E-state index in [0.717, 1.165) is 31.2 Å². The van der Waals surface area contributed by atoms with E-state index in [4.69, 9.17) is 4.74 Å². The molecule has 0 radical (unpaired) electrons. The van der Waals surface area contributed by atoms with Crippen LogP contribution in [0.15, 0.2) is 30.3 Å². The van der Waals surface area contributed by atoms with Crippen molar-refractivity contribution in [3.05, 3.63) is 35.9 Å². The third-order valence-electron chi connectivity index (χ3n) is 5.82. The molecule has 3 nitrogen and oxygen atoms in total. The van der Waals surface area contributed by atoms with E-state index in [1.165, 1.54) is 12.8 Å². The molecular formula is C22H30O3. The second-order valence-corrected chi connectivity index (χ2v) is 8.71. The van der Waals surface area contributed by atoms with E-state index in [1.807, 2.05) is 30.3 Å². The number of fused-ring (bicyclic) bond motifs is 1. The Morgan fingerprint density at radius 1 is 0.960 bits per heavy atom. The van der Waals surface area contributed by atoms with Gasteiger partial charge in [-0.15, -0.1) is 0 Å². The predicted molar refractivity (Wildman–Crippen MR) is 98.2 cm³/mol. The van der Waals surface area contributed by atoms with Crippen LogP contribution in [0.2, 0.25) is 0 Å². The number of benzene rings is 1. The first kappa shape index (κ1) is 18.2. The molecule has 1 aromatic rings. The molecule has 0 spiro atoms. The van der Waals surface area contributed by atoms with Gasteiger partial charge in [0, 0.05) is 5.92 Å². The van der Waals surface area contributed by atoms with Crippen LogP contribution in [0.4, 0.5) is 0 Å². The fourth-order valence-corrected chi connectivity index (χ4v) is 4.64. The largest absolute Gasteiger partial charge is 0.461 e. The molecule has 2 fully saturated rings. The molecule has 4 unspecified atom stereocenters. The third-order valence-corrected chi connectivity index (χ3v) is 5.82. The first-order valence-electron chi connectivity index (χ1n) is 9.69. The SMILES string of the molecule is CC(C)(C)C(c1ccccc1)C1C(=O)OC2CCCCCCC2C1=O. The summed E-state index contributed by atoms with van der Waals surface area (Å²) in [6.45, 7) is 6.32. The van der Waals surface area contributed by atoms with Gasteiger partial charge < -0.3 is 4.74 Å². The summed E-state index contributed by atoms with van der Waals surface area (Å²) in [6, 6.07) is 9.98. The van der Waals surface area contributed by atoms with Gasteiger partial charge in [-0.3, -0.25) is 9.59 Å². The number of ketones is 1. The van der Waals surface area contributed by atoms with Crippen molar-refractivity contribution >= 4 is 11.8 Å². The van der Waals surface area contributed by atoms with Crippen molar-refractivity contribution in [1.82, 2.24) is 0 Å². The van der Waals surface area contributed by atoms with Crippen LogP contribution in [-0.2, 0) is 14.3 Å². The number of hydrogen-bond donors (Lipinski definition) is 0. The quantitative estimate of drug-likeness (QED) is 0.567. The Hall–Kier alpha value is -1.64. The molecule has 136 valence electrons. The minimum absolute atomic E-state index is 0.114. The zero-order valence-corrected chi connectivity index (χ0v) is 15.7. The van der Waals surface area contributed by atoms with Crippen LogP contribution in [0.25, 0.3) is 0 Å². The summed E-state index contributed by atoms with van der Waals surface area (Å²) in [6.07, 6.45) is 5.95. The summed E-state index contributed by atoms with van der Waals surface area (Å²) in [5.74, 6) is -1.14. The van der Waals surface area contributed by atoms with Gasteiger partial charge in [-0.25, -0.2) is 0 Å². The van der Waals surface area contributed by atoms with Crippen LogP contribution in [0.5, 0.6) is 0 Å². The molecule has 0 amide bonds. The molecule has 3 rings (SSSR count). The maximum atomic E-state index is 13.4. The summed E-state index contributed by atoms with van der Waals surface area (Å²) < 4.78 is 5.85. The van der Waals surface area contributed by atoms with Gasteiger partial charge in [-0.2, -0.15) is 0 Å². The highest BCUT2D eigenvalue weighted by Gasteiger charge is 2.51. The van der Waals surface area contributed by atoms with Gasteiger partial charge in [0.25, 0.3) is 0 Å². The number of ether oxygens (including phenoxy) is 1. The van der Waals surface area contributed by atoms with Gasteiger partial charge in [0.2, 0.25) is 0 Å². The molecule has 1 heterocycles. The summed E-state index contributed by atoms with van der Waals surface area (Å²) in [4.78, 5) is 26.3. The molecule has 4 atom stereocenters.